The SMILES string of the molecule is CCN1CCC(CN)C1c1ccccc1COC. The van der Waals surface area contributed by atoms with Crippen molar-refractivity contribution >= 4 is 0 Å². The third kappa shape index (κ3) is 2.58. The molecule has 0 amide bonds. The monoisotopic (exact) mass is 248 g/mol. The highest BCUT2D eigenvalue weighted by atomic mass is 16.5. The minimum absolute atomic E-state index is 0.464. The van der Waals surface area contributed by atoms with Gasteiger partial charge in [-0.2, -0.15) is 0 Å². The van der Waals surface area contributed by atoms with Crippen LogP contribution in [0, 0.1) is 5.92 Å². The Kier molecular flexibility index (Phi) is 4.75. The molecule has 1 aromatic carbocycles. The van der Waals surface area contributed by atoms with E-state index >= 15 is 0 Å². The van der Waals surface area contributed by atoms with Gasteiger partial charge in [0.05, 0.1) is 6.61 Å². The average molecular weight is 248 g/mol. The Hall–Kier alpha value is -0.900. The van der Waals surface area contributed by atoms with E-state index in [-0.39, 0.29) is 0 Å². The zero-order chi connectivity index (χ0) is 13.0. The molecule has 2 unspecified atom stereocenters. The van der Waals surface area contributed by atoms with Crippen molar-refractivity contribution in [3.05, 3.63) is 35.4 Å². The van der Waals surface area contributed by atoms with Crippen molar-refractivity contribution in [2.45, 2.75) is 26.0 Å². The zero-order valence-electron chi connectivity index (χ0n) is 11.4. The molecule has 18 heavy (non-hydrogen) atoms. The zero-order valence-corrected chi connectivity index (χ0v) is 11.4. The molecular formula is C15H24N2O. The Morgan fingerprint density at radius 3 is 2.83 bits per heavy atom. The van der Waals surface area contributed by atoms with Crippen molar-refractivity contribution in [2.75, 3.05) is 26.7 Å². The Labute approximate surface area is 110 Å². The number of hydrogen-bond donors (Lipinski definition) is 1. The highest BCUT2D eigenvalue weighted by Crippen LogP contribution is 2.37. The van der Waals surface area contributed by atoms with E-state index in [1.807, 2.05) is 0 Å². The fourth-order valence-electron chi connectivity index (χ4n) is 3.09. The van der Waals surface area contributed by atoms with Crippen LogP contribution < -0.4 is 5.73 Å². The smallest absolute Gasteiger partial charge is 0.0716 e. The van der Waals surface area contributed by atoms with Gasteiger partial charge in [-0.3, -0.25) is 4.90 Å². The second-order valence-corrected chi connectivity index (χ2v) is 4.99. The standard InChI is InChI=1S/C15H24N2O/c1-3-17-9-8-12(10-16)15(17)14-7-5-4-6-13(14)11-18-2/h4-7,12,15H,3,8-11,16H2,1-2H3. The lowest BCUT2D eigenvalue weighted by Crippen LogP contribution is -2.29. The summed E-state index contributed by atoms with van der Waals surface area (Å²) in [5.74, 6) is 0.572. The summed E-state index contributed by atoms with van der Waals surface area (Å²) in [5, 5.41) is 0. The van der Waals surface area contributed by atoms with Crippen molar-refractivity contribution in [3.63, 3.8) is 0 Å². The quantitative estimate of drug-likeness (QED) is 0.868. The Balaban J connectivity index is 2.32. The molecule has 0 aromatic heterocycles. The molecule has 1 fully saturated rings. The molecule has 100 valence electrons. The maximum Gasteiger partial charge on any atom is 0.0716 e. The molecule has 1 saturated heterocycles. The van der Waals surface area contributed by atoms with Crippen molar-refractivity contribution in [2.24, 2.45) is 11.7 Å². The third-order valence-corrected chi connectivity index (χ3v) is 4.01. The molecule has 1 aliphatic rings. The van der Waals surface area contributed by atoms with E-state index in [4.69, 9.17) is 10.5 Å². The predicted octanol–water partition coefficient (Wildman–Crippen LogP) is 2.17. The van der Waals surface area contributed by atoms with E-state index in [9.17, 15) is 0 Å². The molecule has 0 bridgehead atoms. The maximum atomic E-state index is 5.94. The van der Waals surface area contributed by atoms with E-state index in [0.29, 0.717) is 18.6 Å². The number of rotatable bonds is 5. The topological polar surface area (TPSA) is 38.5 Å². The van der Waals surface area contributed by atoms with Crippen molar-refractivity contribution in [3.8, 4) is 0 Å². The van der Waals surface area contributed by atoms with Crippen LogP contribution in [0.1, 0.15) is 30.5 Å². The van der Waals surface area contributed by atoms with Crippen LogP contribution in [0.4, 0.5) is 0 Å². The second kappa shape index (κ2) is 6.32. The Bertz CT molecular complexity index is 369. The lowest BCUT2D eigenvalue weighted by atomic mass is 9.90. The molecule has 1 aromatic rings. The first-order valence-corrected chi connectivity index (χ1v) is 6.82. The number of likely N-dealkylation sites (tertiary alicyclic amines) is 1. The van der Waals surface area contributed by atoms with E-state index in [0.717, 1.165) is 19.6 Å². The summed E-state index contributed by atoms with van der Waals surface area (Å²) in [6, 6.07) is 9.06. The first-order valence-electron chi connectivity index (χ1n) is 6.82. The van der Waals surface area contributed by atoms with Crippen LogP contribution in [0.3, 0.4) is 0 Å². The van der Waals surface area contributed by atoms with Gasteiger partial charge in [0.15, 0.2) is 0 Å². The number of nitrogens with two attached hydrogens (primary N) is 1. The molecule has 0 saturated carbocycles. The van der Waals surface area contributed by atoms with Crippen molar-refractivity contribution in [1.82, 2.24) is 4.90 Å². The molecule has 3 nitrogen and oxygen atoms in total. The van der Waals surface area contributed by atoms with Crippen LogP contribution >= 0.6 is 0 Å². The normalized spacial score (nSPS) is 24.6. The van der Waals surface area contributed by atoms with E-state index in [2.05, 4.69) is 36.1 Å². The maximum absolute atomic E-state index is 5.94. The van der Waals surface area contributed by atoms with Gasteiger partial charge in [0.25, 0.3) is 0 Å². The van der Waals surface area contributed by atoms with Crippen molar-refractivity contribution in [1.29, 1.82) is 0 Å². The lowest BCUT2D eigenvalue weighted by molar-refractivity contribution is 0.179. The minimum Gasteiger partial charge on any atom is -0.380 e. The number of nitrogens with zero attached hydrogens (tertiary/aromatic N) is 1. The molecule has 2 rings (SSSR count). The van der Waals surface area contributed by atoms with E-state index < -0.39 is 0 Å². The summed E-state index contributed by atoms with van der Waals surface area (Å²) in [6.45, 7) is 5.92. The van der Waals surface area contributed by atoms with Gasteiger partial charge in [-0.25, -0.2) is 0 Å². The van der Waals surface area contributed by atoms with Crippen molar-refractivity contribution < 1.29 is 4.74 Å². The predicted molar refractivity (Wildman–Crippen MR) is 74.3 cm³/mol. The number of methoxy groups -OCH3 is 1. The minimum atomic E-state index is 0.464. The van der Waals surface area contributed by atoms with Crippen LogP contribution in [0.5, 0.6) is 0 Å². The van der Waals surface area contributed by atoms with Crippen LogP contribution in [0.25, 0.3) is 0 Å². The van der Waals surface area contributed by atoms with Gasteiger partial charge in [0.2, 0.25) is 0 Å². The fourth-order valence-corrected chi connectivity index (χ4v) is 3.09. The van der Waals surface area contributed by atoms with Gasteiger partial charge in [-0.1, -0.05) is 31.2 Å². The lowest BCUT2D eigenvalue weighted by Gasteiger charge is -2.29. The summed E-state index contributed by atoms with van der Waals surface area (Å²) in [5.41, 5.74) is 8.64. The van der Waals surface area contributed by atoms with Gasteiger partial charge in [-0.05, 0) is 43.1 Å². The Morgan fingerprint density at radius 1 is 1.39 bits per heavy atom. The molecule has 1 aliphatic heterocycles. The molecule has 1 heterocycles. The van der Waals surface area contributed by atoms with E-state index in [1.54, 1.807) is 7.11 Å². The molecule has 0 radical (unpaired) electrons. The van der Waals surface area contributed by atoms with Gasteiger partial charge in [0.1, 0.15) is 0 Å². The second-order valence-electron chi connectivity index (χ2n) is 4.99. The first kappa shape index (κ1) is 13.5. The first-order chi connectivity index (χ1) is 8.81. The van der Waals surface area contributed by atoms with Gasteiger partial charge >= 0.3 is 0 Å². The van der Waals surface area contributed by atoms with Crippen LogP contribution in [-0.4, -0.2) is 31.6 Å². The third-order valence-electron chi connectivity index (χ3n) is 4.01. The largest absolute Gasteiger partial charge is 0.380 e. The summed E-state index contributed by atoms with van der Waals surface area (Å²) >= 11 is 0. The van der Waals surface area contributed by atoms with Gasteiger partial charge < -0.3 is 10.5 Å². The highest BCUT2D eigenvalue weighted by molar-refractivity contribution is 5.31. The van der Waals surface area contributed by atoms with E-state index in [1.165, 1.54) is 17.5 Å². The van der Waals surface area contributed by atoms with Crippen LogP contribution in [-0.2, 0) is 11.3 Å². The average Bonchev–Trinajstić information content (AvgIpc) is 2.82. The molecule has 2 N–H and O–H groups in total. The summed E-state index contributed by atoms with van der Waals surface area (Å²) in [4.78, 5) is 2.53. The van der Waals surface area contributed by atoms with Crippen LogP contribution in [0.2, 0.25) is 0 Å². The summed E-state index contributed by atoms with van der Waals surface area (Å²) in [6.07, 6.45) is 1.20. The number of ether oxygens (including phenoxy) is 1. The van der Waals surface area contributed by atoms with Crippen LogP contribution in [0.15, 0.2) is 24.3 Å². The molecular weight excluding hydrogens is 224 g/mol. The van der Waals surface area contributed by atoms with Gasteiger partial charge in [-0.15, -0.1) is 0 Å². The highest BCUT2D eigenvalue weighted by Gasteiger charge is 2.34. The summed E-state index contributed by atoms with van der Waals surface area (Å²) in [7, 11) is 1.75. The fraction of sp³-hybridized carbons (Fsp3) is 0.600. The molecule has 0 aliphatic carbocycles. The Morgan fingerprint density at radius 2 is 2.17 bits per heavy atom. The number of hydrogen-bond acceptors (Lipinski definition) is 3. The van der Waals surface area contributed by atoms with Gasteiger partial charge in [0, 0.05) is 13.2 Å². The summed E-state index contributed by atoms with van der Waals surface area (Å²) < 4.78 is 5.32. The molecule has 2 atom stereocenters. The molecule has 3 heteroatoms. The number of benzene rings is 1. The molecule has 0 spiro atoms.